The van der Waals surface area contributed by atoms with Gasteiger partial charge in [0.25, 0.3) is 0 Å². The average Bonchev–Trinajstić information content (AvgIpc) is 2.55. The molecule has 0 saturated carbocycles. The lowest BCUT2D eigenvalue weighted by Crippen LogP contribution is -2.57. The van der Waals surface area contributed by atoms with E-state index < -0.39 is 18.1 Å². The van der Waals surface area contributed by atoms with E-state index in [1.165, 1.54) is 0 Å². The molecule has 0 aromatic heterocycles. The normalized spacial score (nSPS) is 16.1. The van der Waals surface area contributed by atoms with E-state index in [1.807, 2.05) is 41.5 Å². The van der Waals surface area contributed by atoms with Gasteiger partial charge in [-0.05, 0) is 39.2 Å². The number of likely N-dealkylation sites (N-methyl/N-ethyl adjacent to an activating group) is 1. The van der Waals surface area contributed by atoms with Crippen LogP contribution in [0.15, 0.2) is 0 Å². The van der Waals surface area contributed by atoms with Crippen LogP contribution >= 0.6 is 0 Å². The molecule has 4 N–H and O–H groups in total. The smallest absolute Gasteiger partial charge is 0.243 e. The van der Waals surface area contributed by atoms with Crippen molar-refractivity contribution in [2.75, 3.05) is 7.05 Å². The van der Waals surface area contributed by atoms with Crippen LogP contribution in [0.3, 0.4) is 0 Å². The number of nitrogens with one attached hydrogen (secondary N) is 4. The van der Waals surface area contributed by atoms with Crippen LogP contribution in [0.1, 0.15) is 54.9 Å². The number of hydrogen-bond acceptors (Lipinski definition) is 4. The first-order valence-corrected chi connectivity index (χ1v) is 9.13. The second-order valence-electron chi connectivity index (χ2n) is 7.25. The molecule has 0 fully saturated rings. The van der Waals surface area contributed by atoms with E-state index in [9.17, 15) is 14.4 Å². The summed E-state index contributed by atoms with van der Waals surface area (Å²) in [6.07, 6.45) is 0.480. The fourth-order valence-electron chi connectivity index (χ4n) is 2.05. The maximum absolute atomic E-state index is 12.6. The molecule has 0 unspecified atom stereocenters. The van der Waals surface area contributed by atoms with Gasteiger partial charge in [-0.15, -0.1) is 0 Å². The van der Waals surface area contributed by atoms with E-state index in [0.717, 1.165) is 0 Å². The SMILES string of the molecule is CC[C@@H](NC(=O)[C@H](NC(=O)[C@@H](C)NC)C(C)C)C(=O)N[C@@H](C)C(C)C. The van der Waals surface area contributed by atoms with Gasteiger partial charge in [0.1, 0.15) is 12.1 Å². The fourth-order valence-corrected chi connectivity index (χ4v) is 2.05. The Balaban J connectivity index is 4.95. The zero-order chi connectivity index (χ0) is 19.7. The third-order valence-electron chi connectivity index (χ3n) is 4.48. The molecule has 0 aliphatic carbocycles. The van der Waals surface area contributed by atoms with E-state index in [0.29, 0.717) is 12.3 Å². The average molecular weight is 357 g/mol. The minimum absolute atomic E-state index is 0.0236. The van der Waals surface area contributed by atoms with Gasteiger partial charge in [0.15, 0.2) is 0 Å². The van der Waals surface area contributed by atoms with Crippen molar-refractivity contribution in [3.05, 3.63) is 0 Å². The molecular weight excluding hydrogens is 320 g/mol. The Morgan fingerprint density at radius 3 is 1.72 bits per heavy atom. The van der Waals surface area contributed by atoms with E-state index in [1.54, 1.807) is 14.0 Å². The first kappa shape index (κ1) is 23.4. The highest BCUT2D eigenvalue weighted by molar-refractivity contribution is 5.93. The zero-order valence-electron chi connectivity index (χ0n) is 16.9. The lowest BCUT2D eigenvalue weighted by Gasteiger charge is -2.27. The van der Waals surface area contributed by atoms with Crippen molar-refractivity contribution in [1.82, 2.24) is 21.3 Å². The first-order valence-electron chi connectivity index (χ1n) is 9.13. The van der Waals surface area contributed by atoms with Crippen molar-refractivity contribution in [1.29, 1.82) is 0 Å². The molecule has 7 heteroatoms. The minimum Gasteiger partial charge on any atom is -0.352 e. The molecule has 0 radical (unpaired) electrons. The minimum atomic E-state index is -0.687. The quantitative estimate of drug-likeness (QED) is 0.465. The van der Waals surface area contributed by atoms with E-state index >= 15 is 0 Å². The van der Waals surface area contributed by atoms with Crippen LogP contribution in [0.2, 0.25) is 0 Å². The maximum atomic E-state index is 12.6. The summed E-state index contributed by atoms with van der Waals surface area (Å²) in [6.45, 7) is 13.3. The predicted molar refractivity (Wildman–Crippen MR) is 100.0 cm³/mol. The molecule has 3 amide bonds. The van der Waals surface area contributed by atoms with Gasteiger partial charge in [-0.3, -0.25) is 14.4 Å². The summed E-state index contributed by atoms with van der Waals surface area (Å²) in [5, 5.41) is 11.3. The topological polar surface area (TPSA) is 99.3 Å². The molecule has 0 aromatic rings. The van der Waals surface area contributed by atoms with Crippen molar-refractivity contribution in [3.8, 4) is 0 Å². The zero-order valence-corrected chi connectivity index (χ0v) is 16.9. The van der Waals surface area contributed by atoms with Crippen molar-refractivity contribution >= 4 is 17.7 Å². The summed E-state index contributed by atoms with van der Waals surface area (Å²) in [4.78, 5) is 37.0. The van der Waals surface area contributed by atoms with Crippen molar-refractivity contribution in [2.24, 2.45) is 11.8 Å². The standard InChI is InChI=1S/C18H36N4O3/c1-9-14(17(24)20-12(6)10(2)3)21-18(25)15(11(4)5)22-16(23)13(7)19-8/h10-15,19H,9H2,1-8H3,(H,20,24)(H,21,25)(H,22,23)/t12-,13+,14+,15+/m0/s1. The number of rotatable bonds is 10. The Morgan fingerprint density at radius 2 is 1.32 bits per heavy atom. The lowest BCUT2D eigenvalue weighted by molar-refractivity contribution is -0.133. The lowest BCUT2D eigenvalue weighted by atomic mass is 10.0. The molecule has 25 heavy (non-hydrogen) atoms. The number of carbonyl (C=O) groups excluding carboxylic acids is 3. The molecule has 0 saturated heterocycles. The van der Waals surface area contributed by atoms with Crippen LogP contribution in [0.25, 0.3) is 0 Å². The first-order chi connectivity index (χ1) is 11.5. The summed E-state index contributed by atoms with van der Waals surface area (Å²) in [7, 11) is 1.68. The van der Waals surface area contributed by atoms with Gasteiger partial charge in [-0.2, -0.15) is 0 Å². The number of carbonyl (C=O) groups is 3. The highest BCUT2D eigenvalue weighted by Crippen LogP contribution is 2.05. The van der Waals surface area contributed by atoms with Crippen molar-refractivity contribution in [2.45, 2.75) is 79.1 Å². The third-order valence-corrected chi connectivity index (χ3v) is 4.48. The molecule has 146 valence electrons. The summed E-state index contributed by atoms with van der Waals surface area (Å²) in [5.74, 6) is -0.575. The molecule has 0 aliphatic heterocycles. The summed E-state index contributed by atoms with van der Waals surface area (Å²) < 4.78 is 0. The van der Waals surface area contributed by atoms with E-state index in [-0.39, 0.29) is 29.7 Å². The maximum Gasteiger partial charge on any atom is 0.243 e. The van der Waals surface area contributed by atoms with Gasteiger partial charge >= 0.3 is 0 Å². The second kappa shape index (κ2) is 11.1. The molecule has 0 spiro atoms. The summed E-state index contributed by atoms with van der Waals surface area (Å²) >= 11 is 0. The Kier molecular flexibility index (Phi) is 10.4. The van der Waals surface area contributed by atoms with Crippen molar-refractivity contribution < 1.29 is 14.4 Å². The molecule has 4 atom stereocenters. The van der Waals surface area contributed by atoms with Gasteiger partial charge in [0, 0.05) is 6.04 Å². The van der Waals surface area contributed by atoms with Crippen LogP contribution in [-0.4, -0.2) is 48.9 Å². The van der Waals surface area contributed by atoms with Gasteiger partial charge in [0.2, 0.25) is 17.7 Å². The Bertz CT molecular complexity index is 452. The molecule has 0 aromatic carbocycles. The molecule has 0 rings (SSSR count). The molecule has 0 bridgehead atoms. The van der Waals surface area contributed by atoms with Gasteiger partial charge in [-0.1, -0.05) is 34.6 Å². The molecular formula is C18H36N4O3. The largest absolute Gasteiger partial charge is 0.352 e. The van der Waals surface area contributed by atoms with Crippen LogP contribution in [0.5, 0.6) is 0 Å². The summed E-state index contributed by atoms with van der Waals surface area (Å²) in [5.41, 5.74) is 0. The predicted octanol–water partition coefficient (Wildman–Crippen LogP) is 0.791. The summed E-state index contributed by atoms with van der Waals surface area (Å²) in [6, 6.07) is -1.68. The fraction of sp³-hybridized carbons (Fsp3) is 0.833. The van der Waals surface area contributed by atoms with Crippen LogP contribution < -0.4 is 21.3 Å². The Labute approximate surface area is 152 Å². The van der Waals surface area contributed by atoms with Crippen molar-refractivity contribution in [3.63, 3.8) is 0 Å². The van der Waals surface area contributed by atoms with Crippen LogP contribution in [0.4, 0.5) is 0 Å². The van der Waals surface area contributed by atoms with Gasteiger partial charge in [-0.25, -0.2) is 0 Å². The third kappa shape index (κ3) is 7.86. The monoisotopic (exact) mass is 356 g/mol. The molecule has 7 nitrogen and oxygen atoms in total. The number of amides is 3. The Morgan fingerprint density at radius 1 is 0.760 bits per heavy atom. The van der Waals surface area contributed by atoms with Gasteiger partial charge < -0.3 is 21.3 Å². The number of hydrogen-bond donors (Lipinski definition) is 4. The second-order valence-corrected chi connectivity index (χ2v) is 7.25. The van der Waals surface area contributed by atoms with Gasteiger partial charge in [0.05, 0.1) is 6.04 Å². The van der Waals surface area contributed by atoms with Crippen LogP contribution in [0, 0.1) is 11.8 Å². The highest BCUT2D eigenvalue weighted by Gasteiger charge is 2.29. The van der Waals surface area contributed by atoms with E-state index in [2.05, 4.69) is 21.3 Å². The Hall–Kier alpha value is -1.63. The molecule has 0 aliphatic rings. The highest BCUT2D eigenvalue weighted by atomic mass is 16.2. The van der Waals surface area contributed by atoms with E-state index in [4.69, 9.17) is 0 Å². The van der Waals surface area contributed by atoms with Crippen LogP contribution in [-0.2, 0) is 14.4 Å². The molecule has 0 heterocycles.